The number of ether oxygens (including phenoxy) is 1. The van der Waals surface area contributed by atoms with Crippen molar-refractivity contribution in [2.45, 2.75) is 32.7 Å². The standard InChI is InChI=1S/C11H18N2O4/c1-3-5-13-9(14)6-8(11(13)16)12-7-10(15)17-4-2/h8,12H,3-7H2,1-2H3. The largest absolute Gasteiger partial charge is 0.465 e. The predicted octanol–water partition coefficient (Wildman–Crippen LogP) is -0.323. The van der Waals surface area contributed by atoms with Gasteiger partial charge in [-0.3, -0.25) is 24.6 Å². The highest BCUT2D eigenvalue weighted by Gasteiger charge is 2.37. The van der Waals surface area contributed by atoms with E-state index in [1.54, 1.807) is 6.92 Å². The number of nitrogens with zero attached hydrogens (tertiary/aromatic N) is 1. The summed E-state index contributed by atoms with van der Waals surface area (Å²) < 4.78 is 4.73. The molecule has 0 radical (unpaired) electrons. The van der Waals surface area contributed by atoms with Crippen molar-refractivity contribution in [2.75, 3.05) is 19.7 Å². The van der Waals surface area contributed by atoms with E-state index in [1.807, 2.05) is 6.92 Å². The summed E-state index contributed by atoms with van der Waals surface area (Å²) in [7, 11) is 0. The number of likely N-dealkylation sites (tertiary alicyclic amines) is 1. The minimum atomic E-state index is -0.585. The SMILES string of the molecule is CCCN1C(=O)CC(NCC(=O)OCC)C1=O. The first-order valence-corrected chi connectivity index (χ1v) is 5.83. The van der Waals surface area contributed by atoms with Gasteiger partial charge in [-0.15, -0.1) is 0 Å². The van der Waals surface area contributed by atoms with E-state index >= 15 is 0 Å². The van der Waals surface area contributed by atoms with Gasteiger partial charge in [0, 0.05) is 6.54 Å². The van der Waals surface area contributed by atoms with E-state index in [4.69, 9.17) is 4.74 Å². The third kappa shape index (κ3) is 3.52. The lowest BCUT2D eigenvalue weighted by Crippen LogP contribution is -2.41. The van der Waals surface area contributed by atoms with Crippen LogP contribution in [0.25, 0.3) is 0 Å². The molecule has 1 unspecified atom stereocenters. The van der Waals surface area contributed by atoms with Crippen LogP contribution in [0.5, 0.6) is 0 Å². The summed E-state index contributed by atoms with van der Waals surface area (Å²) in [5.41, 5.74) is 0. The molecule has 0 aliphatic carbocycles. The molecule has 0 bridgehead atoms. The number of carbonyl (C=O) groups is 3. The van der Waals surface area contributed by atoms with Gasteiger partial charge in [0.25, 0.3) is 0 Å². The Kier molecular flexibility index (Phi) is 5.09. The third-order valence-electron chi connectivity index (χ3n) is 2.49. The zero-order chi connectivity index (χ0) is 12.8. The van der Waals surface area contributed by atoms with E-state index < -0.39 is 12.0 Å². The van der Waals surface area contributed by atoms with Gasteiger partial charge >= 0.3 is 5.97 Å². The maximum atomic E-state index is 11.8. The van der Waals surface area contributed by atoms with Crippen molar-refractivity contribution < 1.29 is 19.1 Å². The molecule has 0 aromatic rings. The Hall–Kier alpha value is -1.43. The molecule has 17 heavy (non-hydrogen) atoms. The van der Waals surface area contributed by atoms with Gasteiger partial charge in [0.15, 0.2) is 0 Å². The van der Waals surface area contributed by atoms with E-state index in [2.05, 4.69) is 5.32 Å². The number of hydrogen-bond donors (Lipinski definition) is 1. The number of imide groups is 1. The highest BCUT2D eigenvalue weighted by molar-refractivity contribution is 6.05. The zero-order valence-corrected chi connectivity index (χ0v) is 10.2. The molecule has 1 heterocycles. The maximum absolute atomic E-state index is 11.8. The fraction of sp³-hybridized carbons (Fsp3) is 0.727. The summed E-state index contributed by atoms with van der Waals surface area (Å²) in [4.78, 5) is 35.6. The van der Waals surface area contributed by atoms with Crippen molar-refractivity contribution >= 4 is 17.8 Å². The number of esters is 1. The van der Waals surface area contributed by atoms with E-state index in [9.17, 15) is 14.4 Å². The van der Waals surface area contributed by atoms with Gasteiger partial charge < -0.3 is 4.74 Å². The average molecular weight is 242 g/mol. The first-order chi connectivity index (χ1) is 8.10. The molecular weight excluding hydrogens is 224 g/mol. The Morgan fingerprint density at radius 1 is 1.47 bits per heavy atom. The van der Waals surface area contributed by atoms with Gasteiger partial charge in [-0.25, -0.2) is 0 Å². The molecule has 1 N–H and O–H groups in total. The number of hydrogen-bond acceptors (Lipinski definition) is 5. The minimum Gasteiger partial charge on any atom is -0.465 e. The average Bonchev–Trinajstić information content (AvgIpc) is 2.55. The van der Waals surface area contributed by atoms with Crippen molar-refractivity contribution in [1.82, 2.24) is 10.2 Å². The van der Waals surface area contributed by atoms with Gasteiger partial charge in [0.1, 0.15) is 0 Å². The topological polar surface area (TPSA) is 75.7 Å². The summed E-state index contributed by atoms with van der Waals surface area (Å²) in [6.07, 6.45) is 0.861. The van der Waals surface area contributed by atoms with Crippen LogP contribution < -0.4 is 5.32 Å². The molecule has 1 rings (SSSR count). The third-order valence-corrected chi connectivity index (χ3v) is 2.49. The van der Waals surface area contributed by atoms with Crippen LogP contribution in [-0.2, 0) is 19.1 Å². The van der Waals surface area contributed by atoms with Crippen LogP contribution in [0.2, 0.25) is 0 Å². The molecule has 96 valence electrons. The molecule has 2 amide bonds. The summed E-state index contributed by atoms with van der Waals surface area (Å²) in [6.45, 7) is 4.32. The number of amides is 2. The van der Waals surface area contributed by atoms with Crippen LogP contribution in [0.15, 0.2) is 0 Å². The lowest BCUT2D eigenvalue weighted by atomic mass is 10.2. The van der Waals surface area contributed by atoms with Crippen LogP contribution in [0.1, 0.15) is 26.7 Å². The van der Waals surface area contributed by atoms with Gasteiger partial charge in [0.05, 0.1) is 25.6 Å². The first-order valence-electron chi connectivity index (χ1n) is 5.83. The summed E-state index contributed by atoms with van der Waals surface area (Å²) in [5.74, 6) is -0.846. The normalized spacial score (nSPS) is 19.9. The van der Waals surface area contributed by atoms with E-state index in [1.165, 1.54) is 4.90 Å². The lowest BCUT2D eigenvalue weighted by Gasteiger charge is -2.13. The second-order valence-corrected chi connectivity index (χ2v) is 3.83. The molecule has 6 nitrogen and oxygen atoms in total. The summed E-state index contributed by atoms with van der Waals surface area (Å²) >= 11 is 0. The highest BCUT2D eigenvalue weighted by atomic mass is 16.5. The van der Waals surface area contributed by atoms with Crippen molar-refractivity contribution in [3.63, 3.8) is 0 Å². The van der Waals surface area contributed by atoms with Crippen molar-refractivity contribution in [1.29, 1.82) is 0 Å². The van der Waals surface area contributed by atoms with Crippen molar-refractivity contribution in [3.8, 4) is 0 Å². The van der Waals surface area contributed by atoms with Crippen LogP contribution in [-0.4, -0.2) is 48.4 Å². The Bertz CT molecular complexity index is 317. The Labute approximate surface area is 100 Å². The first kappa shape index (κ1) is 13.6. The van der Waals surface area contributed by atoms with Crippen LogP contribution >= 0.6 is 0 Å². The van der Waals surface area contributed by atoms with Gasteiger partial charge in [-0.05, 0) is 13.3 Å². The summed E-state index contributed by atoms with van der Waals surface area (Å²) in [6, 6.07) is -0.585. The zero-order valence-electron chi connectivity index (χ0n) is 10.2. The Morgan fingerprint density at radius 2 is 2.18 bits per heavy atom. The summed E-state index contributed by atoms with van der Waals surface area (Å²) in [5, 5.41) is 2.75. The quantitative estimate of drug-likeness (QED) is 0.510. The van der Waals surface area contributed by atoms with Gasteiger partial charge in [0.2, 0.25) is 11.8 Å². The molecular formula is C11H18N2O4. The van der Waals surface area contributed by atoms with Crippen LogP contribution in [0.4, 0.5) is 0 Å². The minimum absolute atomic E-state index is 0.0442. The number of nitrogens with one attached hydrogen (secondary N) is 1. The second kappa shape index (κ2) is 6.34. The van der Waals surface area contributed by atoms with E-state index in [0.717, 1.165) is 6.42 Å². The van der Waals surface area contributed by atoms with E-state index in [-0.39, 0.29) is 24.8 Å². The Morgan fingerprint density at radius 3 is 2.76 bits per heavy atom. The molecule has 1 aliphatic rings. The van der Waals surface area contributed by atoms with Gasteiger partial charge in [-0.1, -0.05) is 6.92 Å². The maximum Gasteiger partial charge on any atom is 0.319 e. The van der Waals surface area contributed by atoms with Crippen molar-refractivity contribution in [3.05, 3.63) is 0 Å². The fourth-order valence-corrected chi connectivity index (χ4v) is 1.72. The molecule has 1 saturated heterocycles. The fourth-order valence-electron chi connectivity index (χ4n) is 1.72. The highest BCUT2D eigenvalue weighted by Crippen LogP contribution is 2.13. The van der Waals surface area contributed by atoms with Crippen LogP contribution in [0, 0.1) is 0 Å². The predicted molar refractivity (Wildman–Crippen MR) is 60.1 cm³/mol. The molecule has 0 aromatic heterocycles. The second-order valence-electron chi connectivity index (χ2n) is 3.83. The van der Waals surface area contributed by atoms with Crippen LogP contribution in [0.3, 0.4) is 0 Å². The molecule has 1 atom stereocenters. The monoisotopic (exact) mass is 242 g/mol. The molecule has 0 saturated carbocycles. The molecule has 1 fully saturated rings. The van der Waals surface area contributed by atoms with Gasteiger partial charge in [-0.2, -0.15) is 0 Å². The Balaban J connectivity index is 2.43. The molecule has 0 aromatic carbocycles. The van der Waals surface area contributed by atoms with Crippen molar-refractivity contribution in [2.24, 2.45) is 0 Å². The number of rotatable bonds is 6. The number of carbonyl (C=O) groups excluding carboxylic acids is 3. The molecule has 0 spiro atoms. The molecule has 1 aliphatic heterocycles. The smallest absolute Gasteiger partial charge is 0.319 e. The molecule has 6 heteroatoms. The van der Waals surface area contributed by atoms with E-state index in [0.29, 0.717) is 13.2 Å². The lowest BCUT2D eigenvalue weighted by molar-refractivity contribution is -0.142.